The molecule has 0 radical (unpaired) electrons. The SMILES string of the molecule is CC1CN(C(=O)NCCN2CCc3ccccc3C2)c2ccccc21. The zero-order valence-electron chi connectivity index (χ0n) is 14.7. The van der Waals surface area contributed by atoms with Gasteiger partial charge in [-0.2, -0.15) is 0 Å². The van der Waals surface area contributed by atoms with Crippen LogP contribution in [0.2, 0.25) is 0 Å². The highest BCUT2D eigenvalue weighted by Crippen LogP contribution is 2.35. The van der Waals surface area contributed by atoms with Gasteiger partial charge in [0.2, 0.25) is 0 Å². The van der Waals surface area contributed by atoms with E-state index in [0.717, 1.165) is 38.3 Å². The van der Waals surface area contributed by atoms with Crippen LogP contribution in [0.15, 0.2) is 48.5 Å². The molecule has 1 N–H and O–H groups in total. The molecule has 1 unspecified atom stereocenters. The molecule has 4 nitrogen and oxygen atoms in total. The summed E-state index contributed by atoms with van der Waals surface area (Å²) < 4.78 is 0. The molecular weight excluding hydrogens is 310 g/mol. The number of hydrogen-bond acceptors (Lipinski definition) is 2. The van der Waals surface area contributed by atoms with E-state index in [-0.39, 0.29) is 6.03 Å². The third kappa shape index (κ3) is 3.27. The predicted octanol–water partition coefficient (Wildman–Crippen LogP) is 3.38. The number of amides is 2. The first-order chi connectivity index (χ1) is 12.2. The van der Waals surface area contributed by atoms with Gasteiger partial charge in [-0.25, -0.2) is 4.79 Å². The van der Waals surface area contributed by atoms with Gasteiger partial charge in [-0.05, 0) is 29.2 Å². The Kier molecular flexibility index (Phi) is 4.45. The van der Waals surface area contributed by atoms with E-state index in [2.05, 4.69) is 47.5 Å². The van der Waals surface area contributed by atoms with Gasteiger partial charge in [-0.1, -0.05) is 49.4 Å². The van der Waals surface area contributed by atoms with Crippen LogP contribution >= 0.6 is 0 Å². The molecule has 1 atom stereocenters. The van der Waals surface area contributed by atoms with Gasteiger partial charge in [0, 0.05) is 44.3 Å². The van der Waals surface area contributed by atoms with Crippen molar-refractivity contribution < 1.29 is 4.79 Å². The maximum Gasteiger partial charge on any atom is 0.321 e. The van der Waals surface area contributed by atoms with E-state index in [9.17, 15) is 4.79 Å². The van der Waals surface area contributed by atoms with Crippen LogP contribution in [0.4, 0.5) is 10.5 Å². The summed E-state index contributed by atoms with van der Waals surface area (Å²) in [5.74, 6) is 0.403. The Labute approximate surface area is 149 Å². The maximum absolute atomic E-state index is 12.6. The van der Waals surface area contributed by atoms with E-state index in [0.29, 0.717) is 12.5 Å². The van der Waals surface area contributed by atoms with Crippen molar-refractivity contribution in [1.29, 1.82) is 0 Å². The summed E-state index contributed by atoms with van der Waals surface area (Å²) in [5.41, 5.74) is 5.21. The van der Waals surface area contributed by atoms with Crippen molar-refractivity contribution in [3.63, 3.8) is 0 Å². The summed E-state index contributed by atoms with van der Waals surface area (Å²) in [7, 11) is 0. The third-order valence-corrected chi connectivity index (χ3v) is 5.37. The number of carbonyl (C=O) groups is 1. The first kappa shape index (κ1) is 16.2. The Bertz CT molecular complexity index is 773. The smallest absolute Gasteiger partial charge is 0.321 e. The van der Waals surface area contributed by atoms with Crippen molar-refractivity contribution in [1.82, 2.24) is 10.2 Å². The molecule has 4 heteroatoms. The molecule has 130 valence electrons. The van der Waals surface area contributed by atoms with Crippen molar-refractivity contribution in [3.05, 3.63) is 65.2 Å². The van der Waals surface area contributed by atoms with E-state index in [4.69, 9.17) is 0 Å². The largest absolute Gasteiger partial charge is 0.336 e. The number of carbonyl (C=O) groups excluding carboxylic acids is 1. The van der Waals surface area contributed by atoms with Crippen LogP contribution in [0.5, 0.6) is 0 Å². The van der Waals surface area contributed by atoms with Crippen LogP contribution in [0.25, 0.3) is 0 Å². The first-order valence-electron chi connectivity index (χ1n) is 9.16. The van der Waals surface area contributed by atoms with Gasteiger partial charge >= 0.3 is 6.03 Å². The lowest BCUT2D eigenvalue weighted by Gasteiger charge is -2.29. The van der Waals surface area contributed by atoms with Gasteiger partial charge in [0.05, 0.1) is 0 Å². The molecule has 25 heavy (non-hydrogen) atoms. The van der Waals surface area contributed by atoms with Crippen molar-refractivity contribution in [2.75, 3.05) is 31.1 Å². The second-order valence-corrected chi connectivity index (χ2v) is 7.10. The van der Waals surface area contributed by atoms with E-state index < -0.39 is 0 Å². The first-order valence-corrected chi connectivity index (χ1v) is 9.16. The van der Waals surface area contributed by atoms with Crippen LogP contribution in [0.3, 0.4) is 0 Å². The molecule has 2 aromatic carbocycles. The molecule has 0 saturated heterocycles. The van der Waals surface area contributed by atoms with Crippen LogP contribution in [0.1, 0.15) is 29.5 Å². The maximum atomic E-state index is 12.6. The fourth-order valence-corrected chi connectivity index (χ4v) is 3.97. The minimum absolute atomic E-state index is 0.0224. The number of fused-ring (bicyclic) bond motifs is 2. The zero-order valence-corrected chi connectivity index (χ0v) is 14.7. The molecule has 0 fully saturated rings. The van der Waals surface area contributed by atoms with Crippen molar-refractivity contribution in [2.45, 2.75) is 25.8 Å². The molecule has 2 aromatic rings. The van der Waals surface area contributed by atoms with E-state index in [1.165, 1.54) is 16.7 Å². The fraction of sp³-hybridized carbons (Fsp3) is 0.381. The lowest BCUT2D eigenvalue weighted by atomic mass is 10.00. The van der Waals surface area contributed by atoms with Gasteiger partial charge in [0.15, 0.2) is 0 Å². The van der Waals surface area contributed by atoms with Crippen molar-refractivity contribution >= 4 is 11.7 Å². The highest BCUT2D eigenvalue weighted by molar-refractivity contribution is 5.94. The van der Waals surface area contributed by atoms with Crippen molar-refractivity contribution in [2.24, 2.45) is 0 Å². The second-order valence-electron chi connectivity index (χ2n) is 7.10. The second kappa shape index (κ2) is 6.89. The van der Waals surface area contributed by atoms with Crippen LogP contribution in [0, 0.1) is 0 Å². The summed E-state index contributed by atoms with van der Waals surface area (Å²) in [4.78, 5) is 16.9. The average Bonchev–Trinajstić information content (AvgIpc) is 2.99. The molecule has 2 amide bonds. The summed E-state index contributed by atoms with van der Waals surface area (Å²) in [6.07, 6.45) is 1.10. The summed E-state index contributed by atoms with van der Waals surface area (Å²) >= 11 is 0. The minimum atomic E-state index is 0.0224. The number of benzene rings is 2. The Morgan fingerprint density at radius 3 is 2.76 bits per heavy atom. The van der Waals surface area contributed by atoms with Gasteiger partial charge in [-0.15, -0.1) is 0 Å². The number of nitrogens with zero attached hydrogens (tertiary/aromatic N) is 2. The van der Waals surface area contributed by atoms with Crippen LogP contribution in [-0.2, 0) is 13.0 Å². The molecule has 0 bridgehead atoms. The van der Waals surface area contributed by atoms with E-state index in [1.54, 1.807) is 0 Å². The quantitative estimate of drug-likeness (QED) is 0.933. The topological polar surface area (TPSA) is 35.6 Å². The lowest BCUT2D eigenvalue weighted by molar-refractivity contribution is 0.235. The molecule has 2 heterocycles. The normalized spacial score (nSPS) is 19.4. The van der Waals surface area contributed by atoms with Gasteiger partial charge in [0.25, 0.3) is 0 Å². The highest BCUT2D eigenvalue weighted by atomic mass is 16.2. The van der Waals surface area contributed by atoms with Crippen LogP contribution in [-0.4, -0.2) is 37.1 Å². The summed E-state index contributed by atoms with van der Waals surface area (Å²) in [5, 5.41) is 3.10. The molecule has 0 aliphatic carbocycles. The Balaban J connectivity index is 1.31. The van der Waals surface area contributed by atoms with Crippen molar-refractivity contribution in [3.8, 4) is 0 Å². The summed E-state index contributed by atoms with van der Waals surface area (Å²) in [6, 6.07) is 16.9. The minimum Gasteiger partial charge on any atom is -0.336 e. The number of para-hydroxylation sites is 1. The van der Waals surface area contributed by atoms with Crippen LogP contribution < -0.4 is 10.2 Å². The monoisotopic (exact) mass is 335 g/mol. The fourth-order valence-electron chi connectivity index (χ4n) is 3.97. The molecule has 0 aromatic heterocycles. The van der Waals surface area contributed by atoms with Gasteiger partial charge < -0.3 is 5.32 Å². The third-order valence-electron chi connectivity index (χ3n) is 5.37. The molecular formula is C21H25N3O. The Morgan fingerprint density at radius 1 is 1.12 bits per heavy atom. The van der Waals surface area contributed by atoms with E-state index >= 15 is 0 Å². The molecule has 4 rings (SSSR count). The standard InChI is InChI=1S/C21H25N3O/c1-16-14-24(20-9-5-4-8-19(16)20)21(25)22-11-13-23-12-10-17-6-2-3-7-18(17)15-23/h2-9,16H,10-15H2,1H3,(H,22,25). The Morgan fingerprint density at radius 2 is 1.88 bits per heavy atom. The van der Waals surface area contributed by atoms with E-state index in [1.807, 2.05) is 23.1 Å². The number of urea groups is 1. The molecule has 2 aliphatic rings. The molecule has 0 spiro atoms. The average molecular weight is 335 g/mol. The number of hydrogen-bond donors (Lipinski definition) is 1. The predicted molar refractivity (Wildman–Crippen MR) is 101 cm³/mol. The number of rotatable bonds is 3. The summed E-state index contributed by atoms with van der Waals surface area (Å²) in [6.45, 7) is 6.57. The molecule has 2 aliphatic heterocycles. The number of anilines is 1. The highest BCUT2D eigenvalue weighted by Gasteiger charge is 2.29. The Hall–Kier alpha value is -2.33. The van der Waals surface area contributed by atoms with Gasteiger partial charge in [-0.3, -0.25) is 9.80 Å². The lowest BCUT2D eigenvalue weighted by Crippen LogP contribution is -2.43. The molecule has 0 saturated carbocycles. The zero-order chi connectivity index (χ0) is 17.2. The van der Waals surface area contributed by atoms with Gasteiger partial charge in [0.1, 0.15) is 0 Å². The number of nitrogens with one attached hydrogen (secondary N) is 1.